The van der Waals surface area contributed by atoms with Gasteiger partial charge < -0.3 is 5.73 Å². The molecule has 0 saturated heterocycles. The molecular weight excluding hydrogens is 308 g/mol. The molecule has 0 aliphatic carbocycles. The first-order chi connectivity index (χ1) is 11.3. The average molecular weight is 324 g/mol. The van der Waals surface area contributed by atoms with Crippen molar-refractivity contribution in [2.75, 3.05) is 12.3 Å². The lowest BCUT2D eigenvalue weighted by Gasteiger charge is -2.27. The Morgan fingerprint density at radius 1 is 1.22 bits per heavy atom. The van der Waals surface area contributed by atoms with Gasteiger partial charge >= 0.3 is 0 Å². The Morgan fingerprint density at radius 3 is 2.96 bits per heavy atom. The van der Waals surface area contributed by atoms with Gasteiger partial charge in [-0.3, -0.25) is 9.88 Å². The minimum atomic E-state index is 0.627. The van der Waals surface area contributed by atoms with Crippen molar-refractivity contribution in [2.45, 2.75) is 19.5 Å². The van der Waals surface area contributed by atoms with Crippen LogP contribution in [0, 0.1) is 0 Å². The maximum absolute atomic E-state index is 5.70. The number of hydrogen-bond donors (Lipinski definition) is 1. The Labute approximate surface area is 138 Å². The number of nitrogens with two attached hydrogens (primary N) is 1. The highest BCUT2D eigenvalue weighted by molar-refractivity contribution is 7.15. The van der Waals surface area contributed by atoms with Gasteiger partial charge in [0, 0.05) is 66.8 Å². The molecule has 0 aromatic carbocycles. The van der Waals surface area contributed by atoms with E-state index in [1.165, 1.54) is 10.4 Å². The van der Waals surface area contributed by atoms with Gasteiger partial charge in [0.1, 0.15) is 0 Å². The van der Waals surface area contributed by atoms with Crippen molar-refractivity contribution < 1.29 is 0 Å². The van der Waals surface area contributed by atoms with Gasteiger partial charge in [-0.25, -0.2) is 15.0 Å². The van der Waals surface area contributed by atoms with Crippen LogP contribution in [0.25, 0.3) is 11.4 Å². The summed E-state index contributed by atoms with van der Waals surface area (Å²) in [5, 5.41) is 0.627. The normalized spacial score (nSPS) is 14.6. The molecule has 7 heteroatoms. The fourth-order valence-corrected chi connectivity index (χ4v) is 3.49. The first-order valence-corrected chi connectivity index (χ1v) is 8.27. The summed E-state index contributed by atoms with van der Waals surface area (Å²) in [6.45, 7) is 2.72. The van der Waals surface area contributed by atoms with Crippen LogP contribution in [0.5, 0.6) is 0 Å². The molecular formula is C16H16N6S. The fraction of sp³-hybridized carbons (Fsp3) is 0.250. The number of anilines is 1. The molecule has 0 radical (unpaired) electrons. The molecule has 6 nitrogen and oxygen atoms in total. The van der Waals surface area contributed by atoms with Gasteiger partial charge in [0.25, 0.3) is 0 Å². The average Bonchev–Trinajstić information content (AvgIpc) is 3.00. The molecule has 0 unspecified atom stereocenters. The van der Waals surface area contributed by atoms with Crippen LogP contribution in [-0.2, 0) is 19.5 Å². The van der Waals surface area contributed by atoms with Crippen molar-refractivity contribution in [1.82, 2.24) is 24.8 Å². The zero-order valence-electron chi connectivity index (χ0n) is 12.5. The maximum atomic E-state index is 5.70. The first kappa shape index (κ1) is 14.2. The van der Waals surface area contributed by atoms with Crippen LogP contribution >= 0.6 is 11.3 Å². The topological polar surface area (TPSA) is 80.8 Å². The predicted molar refractivity (Wildman–Crippen MR) is 89.6 cm³/mol. The molecule has 4 heterocycles. The number of nitrogen functional groups attached to an aromatic ring is 1. The third-order valence-electron chi connectivity index (χ3n) is 3.88. The second-order valence-electron chi connectivity index (χ2n) is 5.53. The highest BCUT2D eigenvalue weighted by Crippen LogP contribution is 2.23. The molecule has 0 spiro atoms. The van der Waals surface area contributed by atoms with E-state index >= 15 is 0 Å². The molecule has 1 aliphatic heterocycles. The van der Waals surface area contributed by atoms with Crippen molar-refractivity contribution in [3.05, 3.63) is 53.1 Å². The zero-order valence-corrected chi connectivity index (χ0v) is 13.3. The molecule has 1 aliphatic rings. The van der Waals surface area contributed by atoms with Gasteiger partial charge in [-0.15, -0.1) is 11.3 Å². The van der Waals surface area contributed by atoms with Crippen molar-refractivity contribution >= 4 is 16.5 Å². The van der Waals surface area contributed by atoms with Gasteiger partial charge in [0.15, 0.2) is 11.0 Å². The molecule has 3 aromatic rings. The predicted octanol–water partition coefficient (Wildman–Crippen LogP) is 2.14. The van der Waals surface area contributed by atoms with E-state index in [4.69, 9.17) is 10.7 Å². The molecule has 2 N–H and O–H groups in total. The lowest BCUT2D eigenvalue weighted by molar-refractivity contribution is 0.245. The van der Waals surface area contributed by atoms with Crippen molar-refractivity contribution in [3.63, 3.8) is 0 Å². The highest BCUT2D eigenvalue weighted by atomic mass is 32.1. The number of rotatable bonds is 3. The third kappa shape index (κ3) is 3.06. The Bertz CT molecular complexity index is 816. The third-order valence-corrected chi connectivity index (χ3v) is 4.69. The molecule has 0 bridgehead atoms. The smallest absolute Gasteiger partial charge is 0.180 e. The largest absolute Gasteiger partial charge is 0.375 e. The number of fused-ring (bicyclic) bond motifs is 1. The lowest BCUT2D eigenvalue weighted by atomic mass is 10.1. The van der Waals surface area contributed by atoms with Crippen molar-refractivity contribution in [3.8, 4) is 11.4 Å². The summed E-state index contributed by atoms with van der Waals surface area (Å²) in [4.78, 5) is 21.0. The van der Waals surface area contributed by atoms with E-state index in [2.05, 4.69) is 19.9 Å². The Kier molecular flexibility index (Phi) is 3.72. The van der Waals surface area contributed by atoms with E-state index < -0.39 is 0 Å². The summed E-state index contributed by atoms with van der Waals surface area (Å²) >= 11 is 1.55. The van der Waals surface area contributed by atoms with Gasteiger partial charge in [-0.2, -0.15) is 0 Å². The van der Waals surface area contributed by atoms with E-state index in [9.17, 15) is 0 Å². The summed E-state index contributed by atoms with van der Waals surface area (Å²) in [7, 11) is 0. The number of pyridine rings is 1. The molecule has 0 saturated carbocycles. The molecule has 116 valence electrons. The molecule has 0 amide bonds. The van der Waals surface area contributed by atoms with Gasteiger partial charge in [-0.1, -0.05) is 0 Å². The molecule has 0 fully saturated rings. The molecule has 23 heavy (non-hydrogen) atoms. The molecule has 0 atom stereocenters. The monoisotopic (exact) mass is 324 g/mol. The summed E-state index contributed by atoms with van der Waals surface area (Å²) in [6, 6.07) is 3.89. The van der Waals surface area contributed by atoms with E-state index in [0.29, 0.717) is 5.13 Å². The molecule has 3 aromatic heterocycles. The van der Waals surface area contributed by atoms with Gasteiger partial charge in [0.05, 0.1) is 5.69 Å². The standard InChI is InChI=1S/C16H16N6S/c17-16-20-8-13(23-16)10-22-5-3-14-12(9-22)7-19-15(21-14)11-2-1-4-18-6-11/h1-2,4,6-8H,3,5,9-10H2,(H2,17,20). The van der Waals surface area contributed by atoms with Crippen LogP contribution in [-0.4, -0.2) is 31.4 Å². The van der Waals surface area contributed by atoms with Gasteiger partial charge in [0.2, 0.25) is 0 Å². The Morgan fingerprint density at radius 2 is 2.17 bits per heavy atom. The number of nitrogens with zero attached hydrogens (tertiary/aromatic N) is 5. The van der Waals surface area contributed by atoms with Crippen LogP contribution < -0.4 is 5.73 Å². The summed E-state index contributed by atoms with van der Waals surface area (Å²) in [6.07, 6.45) is 8.28. The van der Waals surface area contributed by atoms with Crippen molar-refractivity contribution in [2.24, 2.45) is 0 Å². The summed E-state index contributed by atoms with van der Waals surface area (Å²) < 4.78 is 0. The minimum Gasteiger partial charge on any atom is -0.375 e. The number of aromatic nitrogens is 4. The quantitative estimate of drug-likeness (QED) is 0.795. The van der Waals surface area contributed by atoms with Crippen LogP contribution in [0.15, 0.2) is 36.9 Å². The van der Waals surface area contributed by atoms with E-state index in [1.54, 1.807) is 23.7 Å². The fourth-order valence-electron chi connectivity index (χ4n) is 2.76. The number of thiazole rings is 1. The van der Waals surface area contributed by atoms with Crippen LogP contribution in [0.2, 0.25) is 0 Å². The first-order valence-electron chi connectivity index (χ1n) is 7.45. The van der Waals surface area contributed by atoms with Crippen LogP contribution in [0.1, 0.15) is 16.1 Å². The summed E-state index contributed by atoms with van der Waals surface area (Å²) in [5.74, 6) is 0.750. The second-order valence-corrected chi connectivity index (χ2v) is 6.68. The Balaban J connectivity index is 1.52. The Hall–Kier alpha value is -2.38. The minimum absolute atomic E-state index is 0.627. The van der Waals surface area contributed by atoms with E-state index in [1.807, 2.05) is 24.5 Å². The zero-order chi connectivity index (χ0) is 15.6. The van der Waals surface area contributed by atoms with Crippen LogP contribution in [0.3, 0.4) is 0 Å². The number of hydrogen-bond acceptors (Lipinski definition) is 7. The second kappa shape index (κ2) is 6.02. The SMILES string of the molecule is Nc1ncc(CN2CCc3nc(-c4cccnc4)ncc3C2)s1. The maximum Gasteiger partial charge on any atom is 0.180 e. The summed E-state index contributed by atoms with van der Waals surface area (Å²) in [5.41, 5.74) is 8.99. The lowest BCUT2D eigenvalue weighted by Crippen LogP contribution is -2.30. The molecule has 4 rings (SSSR count). The van der Waals surface area contributed by atoms with Crippen LogP contribution in [0.4, 0.5) is 5.13 Å². The van der Waals surface area contributed by atoms with Crippen molar-refractivity contribution in [1.29, 1.82) is 0 Å². The van der Waals surface area contributed by atoms with E-state index in [-0.39, 0.29) is 0 Å². The van der Waals surface area contributed by atoms with Gasteiger partial charge in [-0.05, 0) is 12.1 Å². The van der Waals surface area contributed by atoms with E-state index in [0.717, 1.165) is 43.1 Å². The highest BCUT2D eigenvalue weighted by Gasteiger charge is 2.19.